The van der Waals surface area contributed by atoms with Gasteiger partial charge in [0.15, 0.2) is 0 Å². The van der Waals surface area contributed by atoms with Gasteiger partial charge in [0.1, 0.15) is 0 Å². The monoisotopic (exact) mass is 297 g/mol. The molecule has 2 aromatic rings. The molecule has 2 N–H and O–H groups in total. The van der Waals surface area contributed by atoms with Crippen molar-refractivity contribution in [1.29, 1.82) is 0 Å². The zero-order chi connectivity index (χ0) is 15.5. The fraction of sp³-hybridized carbons (Fsp3) is 0.500. The molecule has 3 atom stereocenters. The molecule has 1 unspecified atom stereocenters. The number of amides is 1. The normalized spacial score (nSPS) is 27.0. The van der Waals surface area contributed by atoms with Crippen molar-refractivity contribution in [2.45, 2.75) is 26.3 Å². The zero-order valence-electron chi connectivity index (χ0n) is 13.4. The number of fused-ring (bicyclic) bond motifs is 2. The van der Waals surface area contributed by atoms with Crippen molar-refractivity contribution in [3.63, 3.8) is 0 Å². The summed E-state index contributed by atoms with van der Waals surface area (Å²) in [5.41, 5.74) is 3.20. The number of carbonyl (C=O) groups excluding carboxylic acids is 1. The number of pyridine rings is 1. The van der Waals surface area contributed by atoms with Crippen molar-refractivity contribution in [1.82, 2.24) is 15.0 Å². The van der Waals surface area contributed by atoms with Gasteiger partial charge in [-0.2, -0.15) is 0 Å². The number of aryl methyl sites for hydroxylation is 1. The summed E-state index contributed by atoms with van der Waals surface area (Å²) in [7, 11) is 0. The summed E-state index contributed by atoms with van der Waals surface area (Å²) in [4.78, 5) is 12.5. The van der Waals surface area contributed by atoms with Crippen LogP contribution in [0.3, 0.4) is 0 Å². The van der Waals surface area contributed by atoms with Gasteiger partial charge >= 0.3 is 0 Å². The molecule has 0 spiro atoms. The molecule has 1 saturated carbocycles. The molecule has 4 nitrogen and oxygen atoms in total. The maximum Gasteiger partial charge on any atom is 0.224 e. The van der Waals surface area contributed by atoms with E-state index in [4.69, 9.17) is 0 Å². The van der Waals surface area contributed by atoms with E-state index in [-0.39, 0.29) is 17.4 Å². The Morgan fingerprint density at radius 1 is 1.27 bits per heavy atom. The smallest absolute Gasteiger partial charge is 0.224 e. The van der Waals surface area contributed by atoms with Gasteiger partial charge in [0, 0.05) is 23.8 Å². The molecule has 0 radical (unpaired) electrons. The summed E-state index contributed by atoms with van der Waals surface area (Å²) < 4.78 is 2.13. The fourth-order valence-electron chi connectivity index (χ4n) is 3.83. The van der Waals surface area contributed by atoms with Crippen LogP contribution in [-0.2, 0) is 10.3 Å². The van der Waals surface area contributed by atoms with Crippen LogP contribution in [0.2, 0.25) is 0 Å². The number of hydrogen-bond donors (Lipinski definition) is 2. The van der Waals surface area contributed by atoms with Gasteiger partial charge in [0.05, 0.1) is 5.54 Å². The maximum absolute atomic E-state index is 12.5. The number of piperidine rings is 1. The highest BCUT2D eigenvalue weighted by Gasteiger charge is 2.57. The van der Waals surface area contributed by atoms with Crippen LogP contribution in [0.25, 0.3) is 5.52 Å². The Hall–Kier alpha value is -1.81. The molecule has 4 rings (SSSR count). The lowest BCUT2D eigenvalue weighted by molar-refractivity contribution is -0.124. The third-order valence-electron chi connectivity index (χ3n) is 5.29. The first kappa shape index (κ1) is 13.8. The Morgan fingerprint density at radius 2 is 2.00 bits per heavy atom. The van der Waals surface area contributed by atoms with E-state index in [1.54, 1.807) is 0 Å². The summed E-state index contributed by atoms with van der Waals surface area (Å²) in [6, 6.07) is 6.39. The predicted octanol–water partition coefficient (Wildman–Crippen LogP) is 2.06. The summed E-state index contributed by atoms with van der Waals surface area (Å²) in [5, 5.41) is 6.60. The van der Waals surface area contributed by atoms with Crippen LogP contribution >= 0.6 is 0 Å². The minimum atomic E-state index is -0.346. The van der Waals surface area contributed by atoms with E-state index >= 15 is 0 Å². The van der Waals surface area contributed by atoms with E-state index < -0.39 is 0 Å². The zero-order valence-corrected chi connectivity index (χ0v) is 13.4. The van der Waals surface area contributed by atoms with E-state index in [2.05, 4.69) is 66.4 Å². The molecule has 1 aliphatic heterocycles. The highest BCUT2D eigenvalue weighted by Crippen LogP contribution is 2.49. The maximum atomic E-state index is 12.5. The van der Waals surface area contributed by atoms with Gasteiger partial charge in [-0.3, -0.25) is 4.79 Å². The number of aromatic nitrogens is 1. The third kappa shape index (κ3) is 2.13. The van der Waals surface area contributed by atoms with Gasteiger partial charge in [0.25, 0.3) is 0 Å². The molecule has 2 aromatic heterocycles. The SMILES string of the molecule is Cc1ccc2cc(C(C)(C)NC(=O)C3[C@H]4CNC[C@@H]34)cn2c1. The molecule has 1 aliphatic carbocycles. The van der Waals surface area contributed by atoms with Gasteiger partial charge in [-0.05, 0) is 69.0 Å². The van der Waals surface area contributed by atoms with E-state index in [1.165, 1.54) is 5.56 Å². The molecule has 4 heteroatoms. The van der Waals surface area contributed by atoms with Crippen molar-refractivity contribution in [3.8, 4) is 0 Å². The highest BCUT2D eigenvalue weighted by atomic mass is 16.2. The Balaban J connectivity index is 1.55. The molecule has 0 aromatic carbocycles. The molecular weight excluding hydrogens is 274 g/mol. The number of carbonyl (C=O) groups is 1. The van der Waals surface area contributed by atoms with Crippen molar-refractivity contribution < 1.29 is 4.79 Å². The highest BCUT2D eigenvalue weighted by molar-refractivity contribution is 5.83. The van der Waals surface area contributed by atoms with Crippen LogP contribution in [0.4, 0.5) is 0 Å². The van der Waals surface area contributed by atoms with Crippen LogP contribution in [0, 0.1) is 24.7 Å². The lowest BCUT2D eigenvalue weighted by Crippen LogP contribution is -2.42. The minimum Gasteiger partial charge on any atom is -0.347 e. The standard InChI is InChI=1S/C18H23N3O/c1-11-4-5-13-6-12(10-21(13)9-11)18(2,3)20-17(22)16-14-7-19-8-15(14)16/h4-6,9-10,14-16,19H,7-8H2,1-3H3,(H,20,22)/t14-,15+,16?. The van der Waals surface area contributed by atoms with Crippen LogP contribution in [0.15, 0.2) is 30.6 Å². The third-order valence-corrected chi connectivity index (χ3v) is 5.29. The predicted molar refractivity (Wildman–Crippen MR) is 86.6 cm³/mol. The first-order valence-electron chi connectivity index (χ1n) is 8.07. The van der Waals surface area contributed by atoms with Gasteiger partial charge in [-0.1, -0.05) is 6.07 Å². The van der Waals surface area contributed by atoms with Gasteiger partial charge in [0.2, 0.25) is 5.91 Å². The summed E-state index contributed by atoms with van der Waals surface area (Å²) in [6.45, 7) is 8.26. The Morgan fingerprint density at radius 3 is 2.73 bits per heavy atom. The lowest BCUT2D eigenvalue weighted by Gasteiger charge is -2.26. The van der Waals surface area contributed by atoms with Crippen LogP contribution in [0.5, 0.6) is 0 Å². The molecule has 1 saturated heterocycles. The Bertz CT molecular complexity index is 736. The van der Waals surface area contributed by atoms with E-state index in [9.17, 15) is 4.79 Å². The summed E-state index contributed by atoms with van der Waals surface area (Å²) in [5.74, 6) is 1.56. The summed E-state index contributed by atoms with van der Waals surface area (Å²) in [6.07, 6.45) is 4.24. The average molecular weight is 297 g/mol. The number of nitrogens with zero attached hydrogens (tertiary/aromatic N) is 1. The Kier molecular flexibility index (Phi) is 2.89. The summed E-state index contributed by atoms with van der Waals surface area (Å²) >= 11 is 0. The van der Waals surface area contributed by atoms with Crippen LogP contribution in [0.1, 0.15) is 25.0 Å². The second kappa shape index (κ2) is 4.59. The molecule has 3 heterocycles. The number of rotatable bonds is 3. The first-order valence-corrected chi connectivity index (χ1v) is 8.07. The van der Waals surface area contributed by atoms with Crippen LogP contribution in [-0.4, -0.2) is 23.4 Å². The molecule has 1 amide bonds. The molecule has 22 heavy (non-hydrogen) atoms. The van der Waals surface area contributed by atoms with E-state index in [0.717, 1.165) is 24.2 Å². The quantitative estimate of drug-likeness (QED) is 0.911. The molecule has 116 valence electrons. The van der Waals surface area contributed by atoms with Crippen molar-refractivity contribution in [2.24, 2.45) is 17.8 Å². The Labute approximate surface area is 130 Å². The van der Waals surface area contributed by atoms with Crippen molar-refractivity contribution >= 4 is 11.4 Å². The molecule has 2 fully saturated rings. The van der Waals surface area contributed by atoms with Crippen molar-refractivity contribution in [2.75, 3.05) is 13.1 Å². The topological polar surface area (TPSA) is 45.5 Å². The number of nitrogens with one attached hydrogen (secondary N) is 2. The van der Waals surface area contributed by atoms with E-state index in [1.807, 2.05) is 0 Å². The van der Waals surface area contributed by atoms with Gasteiger partial charge in [-0.15, -0.1) is 0 Å². The second-order valence-corrected chi connectivity index (χ2v) is 7.39. The minimum absolute atomic E-state index is 0.216. The average Bonchev–Trinajstić information content (AvgIpc) is 2.83. The molecule has 2 aliphatic rings. The van der Waals surface area contributed by atoms with Crippen molar-refractivity contribution in [3.05, 3.63) is 41.7 Å². The van der Waals surface area contributed by atoms with E-state index in [0.29, 0.717) is 11.8 Å². The van der Waals surface area contributed by atoms with Crippen LogP contribution < -0.4 is 10.6 Å². The molecule has 0 bridgehead atoms. The van der Waals surface area contributed by atoms with Gasteiger partial charge < -0.3 is 15.0 Å². The first-order chi connectivity index (χ1) is 10.5. The van der Waals surface area contributed by atoms with Gasteiger partial charge in [-0.25, -0.2) is 0 Å². The lowest BCUT2D eigenvalue weighted by atomic mass is 9.96. The molecular formula is C18H23N3O. The second-order valence-electron chi connectivity index (χ2n) is 7.39. The largest absolute Gasteiger partial charge is 0.347 e. The fourth-order valence-corrected chi connectivity index (χ4v) is 3.83. The number of hydrogen-bond acceptors (Lipinski definition) is 2.